The Labute approximate surface area is 132 Å². The van der Waals surface area contributed by atoms with Crippen LogP contribution in [0.15, 0.2) is 59.1 Å². The van der Waals surface area contributed by atoms with Gasteiger partial charge >= 0.3 is 0 Å². The Balaban J connectivity index is 1.64. The summed E-state index contributed by atoms with van der Waals surface area (Å²) in [4.78, 5) is 14.7. The molecule has 1 heterocycles. The van der Waals surface area contributed by atoms with Gasteiger partial charge in [-0.3, -0.25) is 10.1 Å². The molecule has 0 unspecified atom stereocenters. The molecule has 1 aromatic heterocycles. The van der Waals surface area contributed by atoms with Crippen molar-refractivity contribution in [3.8, 4) is 11.4 Å². The van der Waals surface area contributed by atoms with E-state index in [0.29, 0.717) is 23.7 Å². The number of nitro benzene ring substituents is 1. The Kier molecular flexibility index (Phi) is 4.42. The molecule has 0 spiro atoms. The van der Waals surface area contributed by atoms with E-state index in [9.17, 15) is 10.1 Å². The summed E-state index contributed by atoms with van der Waals surface area (Å²) in [6, 6.07) is 16.4. The van der Waals surface area contributed by atoms with Crippen molar-refractivity contribution in [3.05, 3.63) is 76.2 Å². The molecular weight excluding hydrogens is 294 g/mol. The van der Waals surface area contributed by atoms with Gasteiger partial charge in [-0.25, -0.2) is 0 Å². The van der Waals surface area contributed by atoms with Gasteiger partial charge in [0.25, 0.3) is 5.69 Å². The summed E-state index contributed by atoms with van der Waals surface area (Å²) in [6.07, 6.45) is 2.52. The minimum Gasteiger partial charge on any atom is -0.339 e. The van der Waals surface area contributed by atoms with Crippen LogP contribution < -0.4 is 0 Å². The van der Waals surface area contributed by atoms with Crippen LogP contribution in [0.25, 0.3) is 11.4 Å². The van der Waals surface area contributed by atoms with Crippen molar-refractivity contribution in [3.63, 3.8) is 0 Å². The highest BCUT2D eigenvalue weighted by molar-refractivity contribution is 5.58. The van der Waals surface area contributed by atoms with Crippen molar-refractivity contribution in [2.75, 3.05) is 0 Å². The number of aryl methyl sites for hydroxylation is 2. The minimum absolute atomic E-state index is 0.0120. The second-order valence-electron chi connectivity index (χ2n) is 5.16. The number of hydrogen-bond donors (Lipinski definition) is 0. The lowest BCUT2D eigenvalue weighted by atomic mass is 10.1. The molecule has 0 atom stereocenters. The van der Waals surface area contributed by atoms with E-state index in [1.165, 1.54) is 17.7 Å². The van der Waals surface area contributed by atoms with E-state index in [1.54, 1.807) is 12.1 Å². The lowest BCUT2D eigenvalue weighted by Gasteiger charge is -1.98. The van der Waals surface area contributed by atoms with Gasteiger partial charge in [0.1, 0.15) is 0 Å². The molecule has 0 aliphatic rings. The summed E-state index contributed by atoms with van der Waals surface area (Å²) >= 11 is 0. The Morgan fingerprint density at radius 2 is 1.87 bits per heavy atom. The molecule has 0 aliphatic carbocycles. The van der Waals surface area contributed by atoms with Crippen LogP contribution in [0.3, 0.4) is 0 Å². The van der Waals surface area contributed by atoms with Gasteiger partial charge in [-0.2, -0.15) is 4.98 Å². The molecule has 0 amide bonds. The first kappa shape index (κ1) is 14.9. The van der Waals surface area contributed by atoms with Crippen LogP contribution in [-0.2, 0) is 12.8 Å². The Hall–Kier alpha value is -3.02. The number of aromatic nitrogens is 2. The smallest absolute Gasteiger partial charge is 0.270 e. The van der Waals surface area contributed by atoms with Gasteiger partial charge in [0.05, 0.1) is 4.92 Å². The first-order chi connectivity index (χ1) is 11.2. The maximum Gasteiger partial charge on any atom is 0.270 e. The van der Waals surface area contributed by atoms with Gasteiger partial charge in [0, 0.05) is 24.1 Å². The zero-order valence-corrected chi connectivity index (χ0v) is 12.4. The number of nitrogens with zero attached hydrogens (tertiary/aromatic N) is 3. The van der Waals surface area contributed by atoms with Crippen molar-refractivity contribution in [1.82, 2.24) is 10.1 Å². The third kappa shape index (κ3) is 3.79. The molecule has 3 aromatic rings. The highest BCUT2D eigenvalue weighted by Gasteiger charge is 2.12. The molecule has 0 radical (unpaired) electrons. The van der Waals surface area contributed by atoms with E-state index >= 15 is 0 Å². The van der Waals surface area contributed by atoms with Crippen molar-refractivity contribution in [2.24, 2.45) is 0 Å². The maximum atomic E-state index is 10.8. The normalized spacial score (nSPS) is 10.6. The molecule has 0 saturated carbocycles. The lowest BCUT2D eigenvalue weighted by Crippen LogP contribution is -1.91. The van der Waals surface area contributed by atoms with Crippen LogP contribution in [0.2, 0.25) is 0 Å². The van der Waals surface area contributed by atoms with E-state index in [0.717, 1.165) is 12.8 Å². The van der Waals surface area contributed by atoms with Crippen LogP contribution >= 0.6 is 0 Å². The lowest BCUT2D eigenvalue weighted by molar-refractivity contribution is -0.384. The molecule has 0 fully saturated rings. The molecule has 116 valence electrons. The summed E-state index contributed by atoms with van der Waals surface area (Å²) in [5.74, 6) is 0.922. The Morgan fingerprint density at radius 1 is 1.04 bits per heavy atom. The third-order valence-corrected chi connectivity index (χ3v) is 3.48. The van der Waals surface area contributed by atoms with E-state index < -0.39 is 4.92 Å². The summed E-state index contributed by atoms with van der Waals surface area (Å²) in [7, 11) is 0. The quantitative estimate of drug-likeness (QED) is 0.510. The summed E-state index contributed by atoms with van der Waals surface area (Å²) in [6.45, 7) is 0. The maximum absolute atomic E-state index is 10.8. The SMILES string of the molecule is O=[N+]([O-])c1cccc(-c2noc(CCCc3ccccc3)n2)c1. The first-order valence-corrected chi connectivity index (χ1v) is 7.34. The monoisotopic (exact) mass is 309 g/mol. The van der Waals surface area contributed by atoms with E-state index in [4.69, 9.17) is 4.52 Å². The van der Waals surface area contributed by atoms with Gasteiger partial charge in [-0.05, 0) is 18.4 Å². The highest BCUT2D eigenvalue weighted by Crippen LogP contribution is 2.21. The summed E-state index contributed by atoms with van der Waals surface area (Å²) < 4.78 is 5.23. The predicted molar refractivity (Wildman–Crippen MR) is 84.9 cm³/mol. The second-order valence-corrected chi connectivity index (χ2v) is 5.16. The number of nitro groups is 1. The van der Waals surface area contributed by atoms with Crippen LogP contribution in [-0.4, -0.2) is 15.1 Å². The predicted octanol–water partition coefficient (Wildman–Crippen LogP) is 3.82. The van der Waals surface area contributed by atoms with Crippen LogP contribution in [0.4, 0.5) is 5.69 Å². The topological polar surface area (TPSA) is 82.1 Å². The fourth-order valence-corrected chi connectivity index (χ4v) is 2.32. The first-order valence-electron chi connectivity index (χ1n) is 7.34. The van der Waals surface area contributed by atoms with Gasteiger partial charge in [0.2, 0.25) is 11.7 Å². The summed E-state index contributed by atoms with van der Waals surface area (Å²) in [5.41, 5.74) is 1.86. The number of non-ortho nitro benzene ring substituents is 1. The van der Waals surface area contributed by atoms with Crippen LogP contribution in [0, 0.1) is 10.1 Å². The molecule has 0 bridgehead atoms. The van der Waals surface area contributed by atoms with Crippen LogP contribution in [0.5, 0.6) is 0 Å². The van der Waals surface area contributed by atoms with Crippen LogP contribution in [0.1, 0.15) is 17.9 Å². The minimum atomic E-state index is -0.440. The molecule has 6 heteroatoms. The van der Waals surface area contributed by atoms with E-state index in [-0.39, 0.29) is 5.69 Å². The zero-order chi connectivity index (χ0) is 16.1. The Bertz CT molecular complexity index is 800. The van der Waals surface area contributed by atoms with Crippen molar-refractivity contribution in [1.29, 1.82) is 0 Å². The van der Waals surface area contributed by atoms with Gasteiger partial charge in [-0.1, -0.05) is 47.6 Å². The molecular formula is C17H15N3O3. The van der Waals surface area contributed by atoms with E-state index in [1.807, 2.05) is 18.2 Å². The van der Waals surface area contributed by atoms with Crippen molar-refractivity contribution in [2.45, 2.75) is 19.3 Å². The average Bonchev–Trinajstić information content (AvgIpc) is 3.05. The van der Waals surface area contributed by atoms with Crippen molar-refractivity contribution < 1.29 is 9.45 Å². The average molecular weight is 309 g/mol. The second kappa shape index (κ2) is 6.83. The fraction of sp³-hybridized carbons (Fsp3) is 0.176. The standard InChI is InChI=1S/C17H15N3O3/c21-20(22)15-10-5-9-14(12-15)17-18-16(23-19-17)11-4-8-13-6-2-1-3-7-13/h1-3,5-7,9-10,12H,4,8,11H2. The number of benzene rings is 2. The van der Waals surface area contributed by atoms with Crippen molar-refractivity contribution >= 4 is 5.69 Å². The molecule has 2 aromatic carbocycles. The van der Waals surface area contributed by atoms with Gasteiger partial charge < -0.3 is 4.52 Å². The third-order valence-electron chi connectivity index (χ3n) is 3.48. The molecule has 3 rings (SSSR count). The summed E-state index contributed by atoms with van der Waals surface area (Å²) in [5, 5.41) is 14.7. The number of rotatable bonds is 6. The fourth-order valence-electron chi connectivity index (χ4n) is 2.32. The largest absolute Gasteiger partial charge is 0.339 e. The van der Waals surface area contributed by atoms with E-state index in [2.05, 4.69) is 22.3 Å². The molecule has 0 saturated heterocycles. The Morgan fingerprint density at radius 3 is 2.65 bits per heavy atom. The number of hydrogen-bond acceptors (Lipinski definition) is 5. The molecule has 0 N–H and O–H groups in total. The van der Waals surface area contributed by atoms with Gasteiger partial charge in [0.15, 0.2) is 0 Å². The molecule has 23 heavy (non-hydrogen) atoms. The van der Waals surface area contributed by atoms with Gasteiger partial charge in [-0.15, -0.1) is 0 Å². The molecule has 6 nitrogen and oxygen atoms in total. The molecule has 0 aliphatic heterocycles. The zero-order valence-electron chi connectivity index (χ0n) is 12.4. The highest BCUT2D eigenvalue weighted by atomic mass is 16.6.